The summed E-state index contributed by atoms with van der Waals surface area (Å²) in [6.07, 6.45) is 2.62. The minimum atomic E-state index is -0.0471. The highest BCUT2D eigenvalue weighted by atomic mass is 16.2. The van der Waals surface area contributed by atoms with E-state index in [4.69, 9.17) is 0 Å². The van der Waals surface area contributed by atoms with Crippen molar-refractivity contribution in [3.63, 3.8) is 0 Å². The molecular weight excluding hydrogens is 334 g/mol. The van der Waals surface area contributed by atoms with Gasteiger partial charge in [-0.15, -0.1) is 0 Å². The summed E-state index contributed by atoms with van der Waals surface area (Å²) in [5.41, 5.74) is 5.89. The highest BCUT2D eigenvalue weighted by Crippen LogP contribution is 2.29. The Labute approximate surface area is 159 Å². The lowest BCUT2D eigenvalue weighted by Gasteiger charge is -2.17. The van der Waals surface area contributed by atoms with E-state index in [1.807, 2.05) is 35.2 Å². The minimum absolute atomic E-state index is 0.0471. The van der Waals surface area contributed by atoms with Gasteiger partial charge in [-0.3, -0.25) is 4.79 Å². The van der Waals surface area contributed by atoms with Gasteiger partial charge in [0.05, 0.1) is 11.9 Å². The fraction of sp³-hybridized carbons (Fsp3) is 0.217. The number of para-hydroxylation sites is 2. The number of carbonyl (C=O) groups is 1. The second-order valence-electron chi connectivity index (χ2n) is 7.13. The van der Waals surface area contributed by atoms with Gasteiger partial charge in [0.25, 0.3) is 5.91 Å². The molecule has 0 radical (unpaired) electrons. The van der Waals surface area contributed by atoms with Crippen LogP contribution in [0, 0.1) is 0 Å². The Balaban J connectivity index is 1.53. The van der Waals surface area contributed by atoms with Gasteiger partial charge in [0, 0.05) is 17.9 Å². The third-order valence-corrected chi connectivity index (χ3v) is 4.98. The molecule has 4 nitrogen and oxygen atoms in total. The van der Waals surface area contributed by atoms with Gasteiger partial charge >= 0.3 is 0 Å². The van der Waals surface area contributed by atoms with E-state index in [1.54, 1.807) is 12.3 Å². The molecule has 1 aromatic heterocycles. The van der Waals surface area contributed by atoms with Crippen molar-refractivity contribution in [3.05, 3.63) is 83.7 Å². The molecule has 0 fully saturated rings. The molecule has 27 heavy (non-hydrogen) atoms. The molecule has 4 rings (SSSR count). The summed E-state index contributed by atoms with van der Waals surface area (Å²) in [6.45, 7) is 5.06. The zero-order valence-corrected chi connectivity index (χ0v) is 15.6. The van der Waals surface area contributed by atoms with Crippen molar-refractivity contribution in [3.8, 4) is 0 Å². The highest BCUT2D eigenvalue weighted by Gasteiger charge is 2.25. The molecule has 0 aliphatic carbocycles. The maximum absolute atomic E-state index is 12.9. The van der Waals surface area contributed by atoms with Gasteiger partial charge in [0.2, 0.25) is 0 Å². The van der Waals surface area contributed by atoms with Crippen molar-refractivity contribution in [2.45, 2.75) is 26.2 Å². The summed E-state index contributed by atoms with van der Waals surface area (Å²) >= 11 is 0. The topological polar surface area (TPSA) is 45.2 Å². The number of hydrogen-bond donors (Lipinski definition) is 1. The van der Waals surface area contributed by atoms with Gasteiger partial charge in [-0.1, -0.05) is 50.2 Å². The van der Waals surface area contributed by atoms with Crippen LogP contribution in [-0.4, -0.2) is 17.4 Å². The molecule has 0 atom stereocenters. The van der Waals surface area contributed by atoms with Crippen LogP contribution in [0.5, 0.6) is 0 Å². The number of amides is 1. The molecule has 4 heteroatoms. The summed E-state index contributed by atoms with van der Waals surface area (Å²) in [6, 6.07) is 20.0. The Hall–Kier alpha value is -3.14. The van der Waals surface area contributed by atoms with E-state index >= 15 is 0 Å². The molecular formula is C23H23N3O. The Morgan fingerprint density at radius 1 is 1.04 bits per heavy atom. The van der Waals surface area contributed by atoms with E-state index in [0.29, 0.717) is 18.2 Å². The van der Waals surface area contributed by atoms with Crippen LogP contribution in [0.3, 0.4) is 0 Å². The van der Waals surface area contributed by atoms with E-state index in [-0.39, 0.29) is 5.91 Å². The molecule has 1 aliphatic heterocycles. The van der Waals surface area contributed by atoms with Gasteiger partial charge in [-0.05, 0) is 47.7 Å². The summed E-state index contributed by atoms with van der Waals surface area (Å²) in [5.74, 6) is 0.381. The predicted molar refractivity (Wildman–Crippen MR) is 110 cm³/mol. The number of fused-ring (bicyclic) bond motifs is 1. The Bertz CT molecular complexity index is 963. The fourth-order valence-corrected chi connectivity index (χ4v) is 3.55. The average Bonchev–Trinajstić information content (AvgIpc) is 3.12. The van der Waals surface area contributed by atoms with Crippen molar-refractivity contribution in [1.82, 2.24) is 4.98 Å². The van der Waals surface area contributed by atoms with Crippen molar-refractivity contribution in [2.75, 3.05) is 16.8 Å². The molecule has 0 saturated heterocycles. The lowest BCUT2D eigenvalue weighted by Crippen LogP contribution is -2.29. The first-order chi connectivity index (χ1) is 13.1. The smallest absolute Gasteiger partial charge is 0.276 e. The normalized spacial score (nSPS) is 12.9. The first-order valence-corrected chi connectivity index (χ1v) is 9.35. The van der Waals surface area contributed by atoms with Crippen LogP contribution in [0.1, 0.15) is 41.4 Å². The van der Waals surface area contributed by atoms with E-state index in [2.05, 4.69) is 48.4 Å². The van der Waals surface area contributed by atoms with Crippen molar-refractivity contribution in [1.29, 1.82) is 0 Å². The molecule has 2 heterocycles. The first-order valence-electron chi connectivity index (χ1n) is 9.35. The van der Waals surface area contributed by atoms with Crippen LogP contribution < -0.4 is 10.2 Å². The monoisotopic (exact) mass is 357 g/mol. The Morgan fingerprint density at radius 2 is 1.81 bits per heavy atom. The number of pyridine rings is 1. The number of anilines is 3. The SMILES string of the molecule is CC(C)c1ccccc1Nc1ccc(C(=O)N2CCc3ccccc32)nc1. The standard InChI is InChI=1S/C23H23N3O/c1-16(2)19-8-4-5-9-20(19)25-18-11-12-21(24-15-18)23(27)26-14-13-17-7-3-6-10-22(17)26/h3-12,15-16,25H,13-14H2,1-2H3. The van der Waals surface area contributed by atoms with Crippen molar-refractivity contribution >= 4 is 23.0 Å². The number of rotatable bonds is 4. The third kappa shape index (κ3) is 3.43. The maximum atomic E-state index is 12.9. The molecule has 0 spiro atoms. The van der Waals surface area contributed by atoms with Crippen molar-refractivity contribution < 1.29 is 4.79 Å². The summed E-state index contributed by atoms with van der Waals surface area (Å²) in [5, 5.41) is 3.42. The second-order valence-corrected chi connectivity index (χ2v) is 7.13. The molecule has 0 saturated carbocycles. The molecule has 0 bridgehead atoms. The highest BCUT2D eigenvalue weighted by molar-refractivity contribution is 6.06. The van der Waals surface area contributed by atoms with Crippen LogP contribution in [0.25, 0.3) is 0 Å². The maximum Gasteiger partial charge on any atom is 0.276 e. The Kier molecular flexibility index (Phi) is 4.63. The zero-order chi connectivity index (χ0) is 18.8. The zero-order valence-electron chi connectivity index (χ0n) is 15.6. The van der Waals surface area contributed by atoms with E-state index < -0.39 is 0 Å². The van der Waals surface area contributed by atoms with Gasteiger partial charge in [0.15, 0.2) is 0 Å². The molecule has 1 N–H and O–H groups in total. The van der Waals surface area contributed by atoms with Crippen LogP contribution >= 0.6 is 0 Å². The average molecular weight is 357 g/mol. The first kappa shape index (κ1) is 17.3. The lowest BCUT2D eigenvalue weighted by atomic mass is 10.0. The molecule has 1 amide bonds. The Morgan fingerprint density at radius 3 is 2.59 bits per heavy atom. The number of nitrogens with zero attached hydrogens (tertiary/aromatic N) is 2. The molecule has 0 unspecified atom stereocenters. The number of benzene rings is 2. The quantitative estimate of drug-likeness (QED) is 0.702. The van der Waals surface area contributed by atoms with E-state index in [1.165, 1.54) is 11.1 Å². The summed E-state index contributed by atoms with van der Waals surface area (Å²) in [7, 11) is 0. The number of hydrogen-bond acceptors (Lipinski definition) is 3. The predicted octanol–water partition coefficient (Wildman–Crippen LogP) is 5.15. The molecule has 136 valence electrons. The van der Waals surface area contributed by atoms with Gasteiger partial charge in [-0.2, -0.15) is 0 Å². The van der Waals surface area contributed by atoms with Crippen LogP contribution in [0.15, 0.2) is 66.9 Å². The van der Waals surface area contributed by atoms with E-state index in [9.17, 15) is 4.79 Å². The van der Waals surface area contributed by atoms with Crippen LogP contribution in [0.2, 0.25) is 0 Å². The van der Waals surface area contributed by atoms with Gasteiger partial charge in [-0.25, -0.2) is 4.98 Å². The number of nitrogens with one attached hydrogen (secondary N) is 1. The molecule has 3 aromatic rings. The van der Waals surface area contributed by atoms with Crippen molar-refractivity contribution in [2.24, 2.45) is 0 Å². The van der Waals surface area contributed by atoms with E-state index in [0.717, 1.165) is 23.5 Å². The fourth-order valence-electron chi connectivity index (χ4n) is 3.55. The second kappa shape index (κ2) is 7.23. The van der Waals surface area contributed by atoms with Crippen LogP contribution in [-0.2, 0) is 6.42 Å². The molecule has 1 aliphatic rings. The van der Waals surface area contributed by atoms with Crippen LogP contribution in [0.4, 0.5) is 17.1 Å². The third-order valence-electron chi connectivity index (χ3n) is 4.98. The van der Waals surface area contributed by atoms with Gasteiger partial charge in [0.1, 0.15) is 5.69 Å². The van der Waals surface area contributed by atoms with Gasteiger partial charge < -0.3 is 10.2 Å². The number of aromatic nitrogens is 1. The number of carbonyl (C=O) groups excluding carboxylic acids is 1. The molecule has 2 aromatic carbocycles. The summed E-state index contributed by atoms with van der Waals surface area (Å²) in [4.78, 5) is 19.1. The minimum Gasteiger partial charge on any atom is -0.354 e. The summed E-state index contributed by atoms with van der Waals surface area (Å²) < 4.78 is 0. The largest absolute Gasteiger partial charge is 0.354 e. The lowest BCUT2D eigenvalue weighted by molar-refractivity contribution is 0.0984.